The lowest BCUT2D eigenvalue weighted by molar-refractivity contribution is -0.147. The molecule has 0 spiro atoms. The van der Waals surface area contributed by atoms with Crippen LogP contribution in [0.4, 0.5) is 13.2 Å². The number of rotatable bonds is 3. The van der Waals surface area contributed by atoms with Crippen molar-refractivity contribution in [1.29, 1.82) is 0 Å². The fraction of sp³-hybridized carbons (Fsp3) is 0.188. The molecule has 0 bridgehead atoms. The quantitative estimate of drug-likeness (QED) is 0.534. The number of pyridine rings is 1. The van der Waals surface area contributed by atoms with Gasteiger partial charge in [-0.2, -0.15) is 18.3 Å². The first-order valence-corrected chi connectivity index (χ1v) is 8.57. The highest BCUT2D eigenvalue weighted by molar-refractivity contribution is 7.18. The number of alkyl halides is 3. The van der Waals surface area contributed by atoms with Crippen LogP contribution >= 0.6 is 11.3 Å². The SMILES string of the molecule is Cc1nc(-c2cccnc2)sc1-c1ccn(-c2nnc(C(F)(F)F)n2C)n1. The monoisotopic (exact) mass is 391 g/mol. The Morgan fingerprint density at radius 2 is 1.96 bits per heavy atom. The van der Waals surface area contributed by atoms with Crippen LogP contribution in [0.15, 0.2) is 36.8 Å². The number of aryl methyl sites for hydroxylation is 1. The molecule has 138 valence electrons. The third-order valence-electron chi connectivity index (χ3n) is 3.84. The molecular formula is C16H12F3N7S. The first-order chi connectivity index (χ1) is 12.8. The van der Waals surface area contributed by atoms with Crippen LogP contribution in [0.2, 0.25) is 0 Å². The van der Waals surface area contributed by atoms with E-state index < -0.39 is 12.0 Å². The van der Waals surface area contributed by atoms with Gasteiger partial charge in [-0.3, -0.25) is 9.55 Å². The molecule has 0 unspecified atom stereocenters. The van der Waals surface area contributed by atoms with E-state index in [1.54, 1.807) is 24.7 Å². The van der Waals surface area contributed by atoms with Crippen LogP contribution in [0.25, 0.3) is 27.1 Å². The average Bonchev–Trinajstić information content (AvgIpc) is 3.33. The number of hydrogen-bond donors (Lipinski definition) is 0. The maximum absolute atomic E-state index is 12.9. The Hall–Kier alpha value is -3.08. The van der Waals surface area contributed by atoms with Crippen molar-refractivity contribution < 1.29 is 13.2 Å². The molecule has 0 aliphatic carbocycles. The van der Waals surface area contributed by atoms with Gasteiger partial charge in [-0.1, -0.05) is 0 Å². The predicted octanol–water partition coefficient (Wildman–Crippen LogP) is 3.51. The fourth-order valence-corrected chi connectivity index (χ4v) is 3.59. The zero-order valence-electron chi connectivity index (χ0n) is 14.1. The molecule has 0 saturated carbocycles. The van der Waals surface area contributed by atoms with Crippen molar-refractivity contribution in [3.05, 3.63) is 48.3 Å². The van der Waals surface area contributed by atoms with Crippen LogP contribution in [0.3, 0.4) is 0 Å². The number of halogens is 3. The summed E-state index contributed by atoms with van der Waals surface area (Å²) in [6.07, 6.45) is 0.368. The van der Waals surface area contributed by atoms with E-state index in [-0.39, 0.29) is 5.95 Å². The summed E-state index contributed by atoms with van der Waals surface area (Å²) in [5, 5.41) is 12.0. The Bertz CT molecular complexity index is 1100. The molecule has 4 aromatic heterocycles. The molecule has 0 saturated heterocycles. The van der Waals surface area contributed by atoms with Crippen molar-refractivity contribution in [2.24, 2.45) is 7.05 Å². The molecule has 11 heteroatoms. The van der Waals surface area contributed by atoms with Gasteiger partial charge in [0.1, 0.15) is 10.7 Å². The van der Waals surface area contributed by atoms with E-state index >= 15 is 0 Å². The normalized spacial score (nSPS) is 11.9. The van der Waals surface area contributed by atoms with E-state index in [0.29, 0.717) is 5.69 Å². The molecule has 4 heterocycles. The number of nitrogens with zero attached hydrogens (tertiary/aromatic N) is 7. The lowest BCUT2D eigenvalue weighted by Crippen LogP contribution is -2.14. The van der Waals surface area contributed by atoms with E-state index in [0.717, 1.165) is 25.7 Å². The molecule has 0 aliphatic heterocycles. The average molecular weight is 391 g/mol. The van der Waals surface area contributed by atoms with Gasteiger partial charge >= 0.3 is 6.18 Å². The van der Waals surface area contributed by atoms with Crippen molar-refractivity contribution in [3.8, 4) is 27.1 Å². The topological polar surface area (TPSA) is 74.3 Å². The molecule has 0 amide bonds. The molecule has 27 heavy (non-hydrogen) atoms. The molecule has 0 aliphatic rings. The predicted molar refractivity (Wildman–Crippen MR) is 92.2 cm³/mol. The van der Waals surface area contributed by atoms with Gasteiger partial charge in [0.2, 0.25) is 5.82 Å². The molecular weight excluding hydrogens is 379 g/mol. The summed E-state index contributed by atoms with van der Waals surface area (Å²) >= 11 is 1.44. The minimum Gasteiger partial charge on any atom is -0.291 e. The first kappa shape index (κ1) is 17.3. The second-order valence-corrected chi connectivity index (χ2v) is 6.70. The second kappa shape index (κ2) is 6.27. The van der Waals surface area contributed by atoms with Crippen LogP contribution < -0.4 is 0 Å². The smallest absolute Gasteiger partial charge is 0.291 e. The summed E-state index contributed by atoms with van der Waals surface area (Å²) in [6, 6.07) is 5.44. The largest absolute Gasteiger partial charge is 0.451 e. The van der Waals surface area contributed by atoms with Gasteiger partial charge in [-0.25, -0.2) is 9.67 Å². The van der Waals surface area contributed by atoms with Crippen LogP contribution in [-0.2, 0) is 13.2 Å². The molecule has 0 radical (unpaired) electrons. The van der Waals surface area contributed by atoms with Crippen LogP contribution in [0, 0.1) is 6.92 Å². The van der Waals surface area contributed by atoms with Gasteiger partial charge in [-0.05, 0) is 25.1 Å². The molecule has 4 rings (SSSR count). The fourth-order valence-electron chi connectivity index (χ4n) is 2.57. The van der Waals surface area contributed by atoms with Crippen molar-refractivity contribution >= 4 is 11.3 Å². The van der Waals surface area contributed by atoms with E-state index in [1.165, 1.54) is 23.1 Å². The summed E-state index contributed by atoms with van der Waals surface area (Å²) < 4.78 is 40.8. The summed E-state index contributed by atoms with van der Waals surface area (Å²) in [5.74, 6) is -1.11. The highest BCUT2D eigenvalue weighted by atomic mass is 32.1. The van der Waals surface area contributed by atoms with Crippen molar-refractivity contribution in [1.82, 2.24) is 34.5 Å². The van der Waals surface area contributed by atoms with Gasteiger partial charge in [0, 0.05) is 31.2 Å². The molecule has 0 fully saturated rings. The summed E-state index contributed by atoms with van der Waals surface area (Å²) in [7, 11) is 1.25. The number of hydrogen-bond acceptors (Lipinski definition) is 6. The maximum Gasteiger partial charge on any atom is 0.451 e. The number of aromatic nitrogens is 7. The summed E-state index contributed by atoms with van der Waals surface area (Å²) in [5.41, 5.74) is 2.26. The van der Waals surface area contributed by atoms with Gasteiger partial charge in [0.05, 0.1) is 10.6 Å². The lowest BCUT2D eigenvalue weighted by atomic mass is 10.3. The van der Waals surface area contributed by atoms with Gasteiger partial charge in [0.25, 0.3) is 5.95 Å². The van der Waals surface area contributed by atoms with E-state index in [9.17, 15) is 13.2 Å². The third-order valence-corrected chi connectivity index (χ3v) is 5.07. The Labute approximate surface area is 155 Å². The molecule has 4 aromatic rings. The molecule has 0 atom stereocenters. The van der Waals surface area contributed by atoms with Gasteiger partial charge in [-0.15, -0.1) is 21.5 Å². The second-order valence-electron chi connectivity index (χ2n) is 5.70. The Kier molecular flexibility index (Phi) is 4.02. The van der Waals surface area contributed by atoms with Crippen molar-refractivity contribution in [2.45, 2.75) is 13.1 Å². The standard InChI is InChI=1S/C16H12F3N7S/c1-9-12(27-13(21-9)10-4-3-6-20-8-10)11-5-7-26(24-11)15-23-22-14(25(15)2)16(17,18)19/h3-8H,1-2H3. The molecule has 0 N–H and O–H groups in total. The highest BCUT2D eigenvalue weighted by Crippen LogP contribution is 2.34. The van der Waals surface area contributed by atoms with E-state index in [1.807, 2.05) is 19.1 Å². The Morgan fingerprint density at radius 3 is 2.63 bits per heavy atom. The highest BCUT2D eigenvalue weighted by Gasteiger charge is 2.37. The van der Waals surface area contributed by atoms with Crippen LogP contribution in [0.1, 0.15) is 11.5 Å². The summed E-state index contributed by atoms with van der Waals surface area (Å²) in [6.45, 7) is 1.86. The first-order valence-electron chi connectivity index (χ1n) is 7.75. The van der Waals surface area contributed by atoms with Gasteiger partial charge < -0.3 is 0 Å². The van der Waals surface area contributed by atoms with Crippen LogP contribution in [-0.4, -0.2) is 34.5 Å². The lowest BCUT2D eigenvalue weighted by Gasteiger charge is -2.06. The minimum absolute atomic E-state index is 0.0248. The van der Waals surface area contributed by atoms with Crippen molar-refractivity contribution in [3.63, 3.8) is 0 Å². The van der Waals surface area contributed by atoms with Gasteiger partial charge in [0.15, 0.2) is 0 Å². The molecule has 0 aromatic carbocycles. The minimum atomic E-state index is -4.58. The van der Waals surface area contributed by atoms with E-state index in [4.69, 9.17) is 0 Å². The Morgan fingerprint density at radius 1 is 1.15 bits per heavy atom. The number of thiazole rings is 1. The summed E-state index contributed by atoms with van der Waals surface area (Å²) in [4.78, 5) is 9.45. The van der Waals surface area contributed by atoms with Crippen molar-refractivity contribution in [2.75, 3.05) is 0 Å². The molecule has 7 nitrogen and oxygen atoms in total. The zero-order chi connectivity index (χ0) is 19.2. The Balaban J connectivity index is 1.70. The third kappa shape index (κ3) is 3.10. The maximum atomic E-state index is 12.9. The zero-order valence-corrected chi connectivity index (χ0v) is 15.0. The van der Waals surface area contributed by atoms with Crippen LogP contribution in [0.5, 0.6) is 0 Å². The van der Waals surface area contributed by atoms with E-state index in [2.05, 4.69) is 25.3 Å².